The van der Waals surface area contributed by atoms with Gasteiger partial charge in [-0.15, -0.1) is 0 Å². The van der Waals surface area contributed by atoms with Crippen molar-refractivity contribution in [1.29, 1.82) is 0 Å². The third kappa shape index (κ3) is 2.73. The monoisotopic (exact) mass is 267 g/mol. The Hall–Kier alpha value is -1.75. The van der Waals surface area contributed by atoms with Gasteiger partial charge < -0.3 is 4.74 Å². The van der Waals surface area contributed by atoms with Gasteiger partial charge in [-0.2, -0.15) is 15.0 Å². The molecular formula is C12H11ClFN3O. The molecule has 0 N–H and O–H groups in total. The summed E-state index contributed by atoms with van der Waals surface area (Å²) in [5.41, 5.74) is 1.42. The van der Waals surface area contributed by atoms with Crippen LogP contribution in [0.2, 0.25) is 5.28 Å². The molecule has 0 saturated carbocycles. The lowest BCUT2D eigenvalue weighted by Crippen LogP contribution is -2.02. The van der Waals surface area contributed by atoms with Crippen molar-refractivity contribution >= 4 is 11.6 Å². The van der Waals surface area contributed by atoms with Crippen LogP contribution >= 0.6 is 11.6 Å². The molecule has 2 aromatic rings. The molecule has 0 amide bonds. The molecule has 0 aliphatic carbocycles. The fourth-order valence-electron chi connectivity index (χ4n) is 1.48. The van der Waals surface area contributed by atoms with Gasteiger partial charge in [0.05, 0.1) is 6.61 Å². The molecule has 0 atom stereocenters. The molecule has 1 heterocycles. The van der Waals surface area contributed by atoms with Crippen molar-refractivity contribution in [3.8, 4) is 17.4 Å². The first kappa shape index (κ1) is 12.7. The maximum absolute atomic E-state index is 13.2. The van der Waals surface area contributed by atoms with Gasteiger partial charge in [-0.1, -0.05) is 6.07 Å². The van der Waals surface area contributed by atoms with Crippen molar-refractivity contribution in [3.63, 3.8) is 0 Å². The molecule has 0 saturated heterocycles. The van der Waals surface area contributed by atoms with E-state index in [1.807, 2.05) is 13.8 Å². The highest BCUT2D eigenvalue weighted by Gasteiger charge is 2.11. The van der Waals surface area contributed by atoms with Crippen molar-refractivity contribution in [1.82, 2.24) is 15.0 Å². The maximum Gasteiger partial charge on any atom is 0.321 e. The average Bonchev–Trinajstić information content (AvgIpc) is 2.32. The first-order valence-corrected chi connectivity index (χ1v) is 5.79. The zero-order valence-corrected chi connectivity index (χ0v) is 10.7. The van der Waals surface area contributed by atoms with E-state index in [2.05, 4.69) is 15.0 Å². The largest absolute Gasteiger partial charge is 0.464 e. The van der Waals surface area contributed by atoms with Crippen molar-refractivity contribution in [3.05, 3.63) is 34.9 Å². The first-order valence-electron chi connectivity index (χ1n) is 5.41. The number of halogens is 2. The van der Waals surface area contributed by atoms with E-state index < -0.39 is 0 Å². The van der Waals surface area contributed by atoms with E-state index >= 15 is 0 Å². The van der Waals surface area contributed by atoms with Crippen LogP contribution in [0.4, 0.5) is 4.39 Å². The SMILES string of the molecule is CCOc1nc(Cl)nc(-c2cc(F)ccc2C)n1. The molecule has 1 aromatic heterocycles. The zero-order valence-electron chi connectivity index (χ0n) is 9.94. The molecular weight excluding hydrogens is 257 g/mol. The van der Waals surface area contributed by atoms with Crippen molar-refractivity contribution in [2.45, 2.75) is 13.8 Å². The number of aromatic nitrogens is 3. The van der Waals surface area contributed by atoms with Gasteiger partial charge in [-0.25, -0.2) is 4.39 Å². The molecule has 94 valence electrons. The molecule has 0 aliphatic heterocycles. The molecule has 18 heavy (non-hydrogen) atoms. The Morgan fingerprint density at radius 2 is 2.06 bits per heavy atom. The molecule has 1 aromatic carbocycles. The summed E-state index contributed by atoms with van der Waals surface area (Å²) >= 11 is 5.79. The number of hydrogen-bond donors (Lipinski definition) is 0. The van der Waals surface area contributed by atoms with E-state index in [1.165, 1.54) is 12.1 Å². The van der Waals surface area contributed by atoms with Gasteiger partial charge in [0.2, 0.25) is 5.28 Å². The Morgan fingerprint density at radius 1 is 1.28 bits per heavy atom. The zero-order chi connectivity index (χ0) is 13.1. The number of aryl methyl sites for hydroxylation is 1. The molecule has 0 spiro atoms. The van der Waals surface area contributed by atoms with Crippen molar-refractivity contribution < 1.29 is 9.13 Å². The van der Waals surface area contributed by atoms with E-state index in [0.29, 0.717) is 18.0 Å². The predicted molar refractivity (Wildman–Crippen MR) is 66.1 cm³/mol. The molecule has 0 fully saturated rings. The van der Waals surface area contributed by atoms with Gasteiger partial charge in [-0.05, 0) is 43.1 Å². The normalized spacial score (nSPS) is 10.4. The van der Waals surface area contributed by atoms with E-state index in [0.717, 1.165) is 5.56 Å². The standard InChI is InChI=1S/C12H11ClFN3O/c1-3-18-12-16-10(15-11(13)17-12)9-6-8(14)5-4-7(9)2/h4-6H,3H2,1-2H3. The number of rotatable bonds is 3. The summed E-state index contributed by atoms with van der Waals surface area (Å²) in [7, 11) is 0. The number of hydrogen-bond acceptors (Lipinski definition) is 4. The fraction of sp³-hybridized carbons (Fsp3) is 0.250. The quantitative estimate of drug-likeness (QED) is 0.858. The summed E-state index contributed by atoms with van der Waals surface area (Å²) in [5, 5.41) is 0.0205. The fourth-order valence-corrected chi connectivity index (χ4v) is 1.63. The van der Waals surface area contributed by atoms with Crippen LogP contribution in [0.1, 0.15) is 12.5 Å². The van der Waals surface area contributed by atoms with E-state index in [-0.39, 0.29) is 17.1 Å². The van der Waals surface area contributed by atoms with E-state index in [4.69, 9.17) is 16.3 Å². The van der Waals surface area contributed by atoms with Gasteiger partial charge in [0.1, 0.15) is 5.82 Å². The van der Waals surface area contributed by atoms with Crippen LogP contribution in [0.15, 0.2) is 18.2 Å². The number of benzene rings is 1. The lowest BCUT2D eigenvalue weighted by atomic mass is 10.1. The van der Waals surface area contributed by atoms with Crippen LogP contribution < -0.4 is 4.74 Å². The smallest absolute Gasteiger partial charge is 0.321 e. The molecule has 0 unspecified atom stereocenters. The van der Waals surface area contributed by atoms with Crippen LogP contribution in [0.25, 0.3) is 11.4 Å². The Labute approximate surface area is 109 Å². The van der Waals surface area contributed by atoms with Crippen LogP contribution in [0, 0.1) is 12.7 Å². The highest BCUT2D eigenvalue weighted by atomic mass is 35.5. The second-order valence-corrected chi connectivity index (χ2v) is 3.94. The molecule has 2 rings (SSSR count). The Balaban J connectivity index is 2.52. The number of nitrogens with zero attached hydrogens (tertiary/aromatic N) is 3. The van der Waals surface area contributed by atoms with Crippen LogP contribution in [0.3, 0.4) is 0 Å². The van der Waals surface area contributed by atoms with Crippen LogP contribution in [0.5, 0.6) is 6.01 Å². The molecule has 6 heteroatoms. The van der Waals surface area contributed by atoms with Crippen molar-refractivity contribution in [2.24, 2.45) is 0 Å². The Morgan fingerprint density at radius 3 is 2.78 bits per heavy atom. The van der Waals surface area contributed by atoms with E-state index in [9.17, 15) is 4.39 Å². The van der Waals surface area contributed by atoms with Gasteiger partial charge >= 0.3 is 6.01 Å². The molecule has 0 aliphatic rings. The van der Waals surface area contributed by atoms with Gasteiger partial charge in [0.15, 0.2) is 5.82 Å². The number of ether oxygens (including phenoxy) is 1. The van der Waals surface area contributed by atoms with Crippen LogP contribution in [-0.4, -0.2) is 21.6 Å². The van der Waals surface area contributed by atoms with Gasteiger partial charge in [-0.3, -0.25) is 0 Å². The lowest BCUT2D eigenvalue weighted by molar-refractivity contribution is 0.312. The second-order valence-electron chi connectivity index (χ2n) is 3.60. The summed E-state index contributed by atoms with van der Waals surface area (Å²) in [6.45, 7) is 4.07. The van der Waals surface area contributed by atoms with Crippen molar-refractivity contribution in [2.75, 3.05) is 6.61 Å². The minimum absolute atomic E-state index is 0.0205. The lowest BCUT2D eigenvalue weighted by Gasteiger charge is -2.07. The predicted octanol–water partition coefficient (Wildman–Crippen LogP) is 3.04. The summed E-state index contributed by atoms with van der Waals surface area (Å²) in [4.78, 5) is 11.9. The first-order chi connectivity index (χ1) is 8.60. The summed E-state index contributed by atoms with van der Waals surface area (Å²) < 4.78 is 18.4. The third-order valence-corrected chi connectivity index (χ3v) is 2.47. The Kier molecular flexibility index (Phi) is 3.72. The maximum atomic E-state index is 13.2. The molecule has 4 nitrogen and oxygen atoms in total. The van der Waals surface area contributed by atoms with Gasteiger partial charge in [0.25, 0.3) is 0 Å². The minimum atomic E-state index is -0.356. The Bertz CT molecular complexity index is 577. The summed E-state index contributed by atoms with van der Waals surface area (Å²) in [5.74, 6) is -0.0551. The third-order valence-electron chi connectivity index (χ3n) is 2.30. The van der Waals surface area contributed by atoms with Crippen LogP contribution in [-0.2, 0) is 0 Å². The molecule has 0 bridgehead atoms. The summed E-state index contributed by atoms with van der Waals surface area (Å²) in [6.07, 6.45) is 0. The summed E-state index contributed by atoms with van der Waals surface area (Å²) in [6, 6.07) is 4.53. The average molecular weight is 268 g/mol. The van der Waals surface area contributed by atoms with Gasteiger partial charge in [0, 0.05) is 5.56 Å². The molecule has 0 radical (unpaired) electrons. The second kappa shape index (κ2) is 5.27. The van der Waals surface area contributed by atoms with E-state index in [1.54, 1.807) is 6.07 Å². The topological polar surface area (TPSA) is 47.9 Å². The minimum Gasteiger partial charge on any atom is -0.464 e. The highest BCUT2D eigenvalue weighted by molar-refractivity contribution is 6.28. The highest BCUT2D eigenvalue weighted by Crippen LogP contribution is 2.23.